The third-order valence-electron chi connectivity index (χ3n) is 6.08. The molecule has 3 N–H and O–H groups in total. The van der Waals surface area contributed by atoms with E-state index < -0.39 is 5.91 Å². The van der Waals surface area contributed by atoms with Crippen LogP contribution in [0.3, 0.4) is 0 Å². The Morgan fingerprint density at radius 2 is 2.03 bits per heavy atom. The molecule has 3 rings (SSSR count). The lowest BCUT2D eigenvalue weighted by atomic mass is 9.98. The van der Waals surface area contributed by atoms with Crippen LogP contribution < -0.4 is 11.1 Å². The van der Waals surface area contributed by atoms with Crippen LogP contribution >= 0.6 is 11.9 Å². The van der Waals surface area contributed by atoms with Crippen molar-refractivity contribution in [3.63, 3.8) is 0 Å². The van der Waals surface area contributed by atoms with E-state index in [1.54, 1.807) is 25.1 Å². The summed E-state index contributed by atoms with van der Waals surface area (Å²) in [5.41, 5.74) is 6.08. The molecule has 2 aliphatic rings. The number of nitrogens with two attached hydrogens (primary N) is 1. The van der Waals surface area contributed by atoms with E-state index in [4.69, 9.17) is 19.9 Å². The second kappa shape index (κ2) is 13.1. The molecule has 1 saturated heterocycles. The molecule has 188 valence electrons. The Balaban J connectivity index is 1.40. The zero-order chi connectivity index (χ0) is 24.5. The maximum absolute atomic E-state index is 12.3. The van der Waals surface area contributed by atoms with Gasteiger partial charge in [-0.1, -0.05) is 26.0 Å². The van der Waals surface area contributed by atoms with Gasteiger partial charge in [0.25, 0.3) is 0 Å². The minimum Gasteiger partial charge on any atom is -0.446 e. The van der Waals surface area contributed by atoms with Crippen LogP contribution in [0.4, 0.5) is 4.79 Å². The number of amides is 2. The van der Waals surface area contributed by atoms with Crippen molar-refractivity contribution in [3.05, 3.63) is 35.9 Å². The van der Waals surface area contributed by atoms with Crippen molar-refractivity contribution < 1.29 is 23.8 Å². The smallest absolute Gasteiger partial charge is 0.407 e. The van der Waals surface area contributed by atoms with E-state index >= 15 is 0 Å². The van der Waals surface area contributed by atoms with Crippen LogP contribution in [0.5, 0.6) is 0 Å². The first-order valence-electron chi connectivity index (χ1n) is 11.9. The Morgan fingerprint density at radius 1 is 1.26 bits per heavy atom. The maximum Gasteiger partial charge on any atom is 0.407 e. The third kappa shape index (κ3) is 8.01. The number of nitrogens with one attached hydrogen (secondary N) is 1. The first-order valence-corrected chi connectivity index (χ1v) is 12.7. The van der Waals surface area contributed by atoms with Crippen LogP contribution in [0, 0.1) is 17.8 Å². The number of primary amides is 1. The van der Waals surface area contributed by atoms with E-state index in [0.717, 1.165) is 42.8 Å². The summed E-state index contributed by atoms with van der Waals surface area (Å²) in [6.07, 6.45) is 5.08. The quantitative estimate of drug-likeness (QED) is 0.261. The fraction of sp³-hybridized carbons (Fsp3) is 0.600. The Kier molecular flexibility index (Phi) is 10.2. The Labute approximate surface area is 206 Å². The summed E-state index contributed by atoms with van der Waals surface area (Å²) in [6, 6.07) is 7.99. The van der Waals surface area contributed by atoms with Crippen molar-refractivity contribution in [3.8, 4) is 0 Å². The molecule has 0 bridgehead atoms. The van der Waals surface area contributed by atoms with Gasteiger partial charge in [0.05, 0.1) is 6.61 Å². The highest BCUT2D eigenvalue weighted by Crippen LogP contribution is 2.42. The first kappa shape index (κ1) is 26.5. The predicted octanol–water partition coefficient (Wildman–Crippen LogP) is 3.66. The van der Waals surface area contributed by atoms with Crippen molar-refractivity contribution in [1.29, 1.82) is 0 Å². The number of fused-ring (bicyclic) bond motifs is 1. The lowest BCUT2D eigenvalue weighted by Gasteiger charge is -2.23. The van der Waals surface area contributed by atoms with E-state index in [-0.39, 0.29) is 24.4 Å². The second-order valence-electron chi connectivity index (χ2n) is 9.24. The molecule has 34 heavy (non-hydrogen) atoms. The number of benzene rings is 1. The van der Waals surface area contributed by atoms with Gasteiger partial charge in [0.2, 0.25) is 5.91 Å². The van der Waals surface area contributed by atoms with Crippen LogP contribution in [0.15, 0.2) is 35.2 Å². The fourth-order valence-electron chi connectivity index (χ4n) is 4.52. The van der Waals surface area contributed by atoms with Crippen molar-refractivity contribution in [2.75, 3.05) is 33.4 Å². The van der Waals surface area contributed by atoms with E-state index in [2.05, 4.69) is 23.5 Å². The van der Waals surface area contributed by atoms with E-state index in [0.29, 0.717) is 25.0 Å². The van der Waals surface area contributed by atoms with Crippen LogP contribution in [0.1, 0.15) is 38.7 Å². The summed E-state index contributed by atoms with van der Waals surface area (Å²) in [6.45, 7) is 7.30. The number of hydrogen-bond donors (Lipinski definition) is 2. The van der Waals surface area contributed by atoms with E-state index in [1.165, 1.54) is 6.08 Å². The van der Waals surface area contributed by atoms with Gasteiger partial charge >= 0.3 is 6.09 Å². The average Bonchev–Trinajstić information content (AvgIpc) is 3.38. The summed E-state index contributed by atoms with van der Waals surface area (Å²) < 4.78 is 19.0. The fourth-order valence-corrected chi connectivity index (χ4v) is 5.67. The van der Waals surface area contributed by atoms with Crippen molar-refractivity contribution in [2.45, 2.75) is 50.4 Å². The molecule has 8 nitrogen and oxygen atoms in total. The van der Waals surface area contributed by atoms with Gasteiger partial charge in [-0.05, 0) is 60.9 Å². The average molecular weight is 492 g/mol. The van der Waals surface area contributed by atoms with E-state index in [9.17, 15) is 9.59 Å². The topological polar surface area (TPSA) is 103 Å². The van der Waals surface area contributed by atoms with Crippen LogP contribution in [-0.2, 0) is 19.0 Å². The third-order valence-corrected chi connectivity index (χ3v) is 7.16. The van der Waals surface area contributed by atoms with Gasteiger partial charge in [-0.2, -0.15) is 0 Å². The Hall–Kier alpha value is -2.07. The molecule has 2 amide bonds. The zero-order valence-electron chi connectivity index (χ0n) is 20.3. The summed E-state index contributed by atoms with van der Waals surface area (Å²) in [4.78, 5) is 24.3. The largest absolute Gasteiger partial charge is 0.446 e. The minimum atomic E-state index is -0.459. The van der Waals surface area contributed by atoms with Gasteiger partial charge < -0.3 is 25.3 Å². The number of rotatable bonds is 12. The summed E-state index contributed by atoms with van der Waals surface area (Å²) >= 11 is 1.70. The summed E-state index contributed by atoms with van der Waals surface area (Å²) in [7, 11) is 1.66. The molecule has 1 saturated carbocycles. The molecule has 1 aromatic rings. The number of ether oxygens (including phenoxy) is 3. The molecular weight excluding hydrogens is 454 g/mol. The van der Waals surface area contributed by atoms with Gasteiger partial charge in [-0.25, -0.2) is 9.10 Å². The van der Waals surface area contributed by atoms with Gasteiger partial charge in [-0.15, -0.1) is 0 Å². The molecule has 0 aromatic heterocycles. The second-order valence-corrected chi connectivity index (χ2v) is 10.4. The van der Waals surface area contributed by atoms with E-state index in [1.807, 2.05) is 24.3 Å². The monoisotopic (exact) mass is 491 g/mol. The SMILES string of the molecule is COC1OCC2C(OC(=O)NCCCN(CC(C)C)Sc3ccc(/C=C/C(N)=O)cc3)CCC12. The molecule has 2 fully saturated rings. The summed E-state index contributed by atoms with van der Waals surface area (Å²) in [5.74, 6) is 0.603. The lowest BCUT2D eigenvalue weighted by Crippen LogP contribution is -2.34. The molecule has 4 atom stereocenters. The van der Waals surface area contributed by atoms with Crippen molar-refractivity contribution in [2.24, 2.45) is 23.5 Å². The van der Waals surface area contributed by atoms with Gasteiger partial charge in [0.15, 0.2) is 6.29 Å². The normalized spacial score (nSPS) is 24.1. The molecule has 0 spiro atoms. The number of methoxy groups -OCH3 is 1. The number of carbonyl (C=O) groups is 2. The minimum absolute atomic E-state index is 0.0982. The number of carbonyl (C=O) groups excluding carboxylic acids is 2. The lowest BCUT2D eigenvalue weighted by molar-refractivity contribution is -0.113. The molecule has 9 heteroatoms. The molecule has 1 heterocycles. The maximum atomic E-state index is 12.3. The summed E-state index contributed by atoms with van der Waals surface area (Å²) in [5, 5.41) is 2.90. The van der Waals surface area contributed by atoms with Crippen LogP contribution in [0.2, 0.25) is 0 Å². The standard InChI is InChI=1S/C25H37N3O5S/c1-17(2)15-28(34-19-8-5-18(6-9-19)7-12-23(26)29)14-4-13-27-25(30)33-22-11-10-20-21(22)16-32-24(20)31-3/h5-9,12,17,20-22,24H,4,10-11,13-16H2,1-3H3,(H2,26,29)(H,27,30)/b12-7+. The van der Waals surface area contributed by atoms with Crippen LogP contribution in [0.25, 0.3) is 6.08 Å². The molecule has 1 aliphatic heterocycles. The Bertz CT molecular complexity index is 832. The molecule has 1 aliphatic carbocycles. The zero-order valence-corrected chi connectivity index (χ0v) is 21.1. The highest BCUT2D eigenvalue weighted by molar-refractivity contribution is 7.97. The number of nitrogens with zero attached hydrogens (tertiary/aromatic N) is 1. The first-order chi connectivity index (χ1) is 16.4. The Morgan fingerprint density at radius 3 is 2.71 bits per heavy atom. The molecule has 4 unspecified atom stereocenters. The predicted molar refractivity (Wildman–Crippen MR) is 133 cm³/mol. The van der Waals surface area contributed by atoms with Crippen molar-refractivity contribution >= 4 is 30.0 Å². The van der Waals surface area contributed by atoms with Gasteiger partial charge in [-0.3, -0.25) is 4.79 Å². The molecule has 1 aromatic carbocycles. The number of hydrogen-bond acceptors (Lipinski definition) is 7. The van der Waals surface area contributed by atoms with Gasteiger partial charge in [0.1, 0.15) is 6.10 Å². The van der Waals surface area contributed by atoms with Crippen LogP contribution in [-0.4, -0.2) is 62.1 Å². The molecule has 0 radical (unpaired) electrons. The number of alkyl carbamates (subject to hydrolysis) is 1. The highest BCUT2D eigenvalue weighted by Gasteiger charge is 2.47. The van der Waals surface area contributed by atoms with Gasteiger partial charge in [0, 0.05) is 49.6 Å². The van der Waals surface area contributed by atoms with Crippen molar-refractivity contribution in [1.82, 2.24) is 9.62 Å². The highest BCUT2D eigenvalue weighted by atomic mass is 32.2. The molecular formula is C25H37N3O5S.